The Balaban J connectivity index is 2.25. The van der Waals surface area contributed by atoms with Gasteiger partial charge in [0.15, 0.2) is 4.80 Å². The van der Waals surface area contributed by atoms with Gasteiger partial charge in [-0.2, -0.15) is 4.99 Å². The Morgan fingerprint density at radius 1 is 1.22 bits per heavy atom. The average Bonchev–Trinajstić information content (AvgIpc) is 3.02. The Morgan fingerprint density at radius 3 is 2.48 bits per heavy atom. The SMILES string of the molecule is C=CCn1c(=NC(=O)c2c(OC)cccc2OC)sc2ccc(Cl)c(Cl)c21. The highest BCUT2D eigenvalue weighted by atomic mass is 35.5. The molecule has 140 valence electrons. The van der Waals surface area contributed by atoms with Crippen LogP contribution in [0, 0.1) is 0 Å². The molecule has 0 aliphatic carbocycles. The predicted octanol–water partition coefficient (Wildman–Crippen LogP) is 4.95. The van der Waals surface area contributed by atoms with Crippen molar-refractivity contribution in [2.45, 2.75) is 6.54 Å². The number of nitrogens with zero attached hydrogens (tertiary/aromatic N) is 2. The lowest BCUT2D eigenvalue weighted by atomic mass is 10.1. The molecule has 0 saturated heterocycles. The van der Waals surface area contributed by atoms with Gasteiger partial charge in [-0.3, -0.25) is 4.79 Å². The summed E-state index contributed by atoms with van der Waals surface area (Å²) in [4.78, 5) is 17.7. The van der Waals surface area contributed by atoms with E-state index in [1.54, 1.807) is 34.9 Å². The minimum Gasteiger partial charge on any atom is -0.496 e. The number of hydrogen-bond acceptors (Lipinski definition) is 4. The number of ether oxygens (including phenoxy) is 2. The van der Waals surface area contributed by atoms with Crippen molar-refractivity contribution in [1.82, 2.24) is 4.57 Å². The Labute approximate surface area is 170 Å². The molecule has 3 aromatic rings. The van der Waals surface area contributed by atoms with Crippen molar-refractivity contribution in [1.29, 1.82) is 0 Å². The van der Waals surface area contributed by atoms with Gasteiger partial charge < -0.3 is 14.0 Å². The van der Waals surface area contributed by atoms with Gasteiger partial charge in [0.1, 0.15) is 17.1 Å². The van der Waals surface area contributed by atoms with Crippen molar-refractivity contribution in [2.24, 2.45) is 4.99 Å². The van der Waals surface area contributed by atoms with E-state index in [1.807, 2.05) is 6.07 Å². The zero-order chi connectivity index (χ0) is 19.6. The topological polar surface area (TPSA) is 52.8 Å². The number of benzene rings is 2. The molecule has 2 aromatic carbocycles. The summed E-state index contributed by atoms with van der Waals surface area (Å²) in [6.07, 6.45) is 1.70. The minimum absolute atomic E-state index is 0.259. The number of allylic oxidation sites excluding steroid dienone is 1. The fourth-order valence-corrected chi connectivity index (χ4v) is 4.21. The molecule has 0 atom stereocenters. The van der Waals surface area contributed by atoms with E-state index >= 15 is 0 Å². The monoisotopic (exact) mass is 422 g/mol. The molecule has 0 saturated carbocycles. The van der Waals surface area contributed by atoms with Gasteiger partial charge in [0.05, 0.1) is 34.5 Å². The zero-order valence-electron chi connectivity index (χ0n) is 14.7. The summed E-state index contributed by atoms with van der Waals surface area (Å²) in [7, 11) is 2.98. The summed E-state index contributed by atoms with van der Waals surface area (Å²) < 4.78 is 13.3. The molecule has 0 unspecified atom stereocenters. The molecular formula is C19H16Cl2N2O3S. The highest BCUT2D eigenvalue weighted by Gasteiger charge is 2.19. The molecule has 5 nitrogen and oxygen atoms in total. The van der Waals surface area contributed by atoms with E-state index in [0.717, 1.165) is 4.70 Å². The smallest absolute Gasteiger partial charge is 0.287 e. The van der Waals surface area contributed by atoms with E-state index < -0.39 is 5.91 Å². The number of thiazole rings is 1. The second-order valence-corrected chi connectivity index (χ2v) is 7.24. The third-order valence-electron chi connectivity index (χ3n) is 3.88. The maximum atomic E-state index is 12.9. The molecule has 27 heavy (non-hydrogen) atoms. The Kier molecular flexibility index (Phi) is 5.89. The van der Waals surface area contributed by atoms with E-state index in [2.05, 4.69) is 11.6 Å². The van der Waals surface area contributed by atoms with Crippen LogP contribution in [0.5, 0.6) is 11.5 Å². The number of carbonyl (C=O) groups excluding carboxylic acids is 1. The number of fused-ring (bicyclic) bond motifs is 1. The predicted molar refractivity (Wildman–Crippen MR) is 109 cm³/mol. The van der Waals surface area contributed by atoms with Crippen LogP contribution >= 0.6 is 34.5 Å². The number of aromatic nitrogens is 1. The number of amides is 1. The van der Waals surface area contributed by atoms with Crippen LogP contribution in [0.25, 0.3) is 10.2 Å². The minimum atomic E-state index is -0.476. The van der Waals surface area contributed by atoms with Crippen molar-refractivity contribution < 1.29 is 14.3 Å². The molecule has 8 heteroatoms. The van der Waals surface area contributed by atoms with Gasteiger partial charge >= 0.3 is 0 Å². The lowest BCUT2D eigenvalue weighted by Gasteiger charge is -2.09. The number of halogens is 2. The Hall–Kier alpha value is -2.28. The summed E-state index contributed by atoms with van der Waals surface area (Å²) in [5, 5.41) is 0.847. The average molecular weight is 423 g/mol. The highest BCUT2D eigenvalue weighted by Crippen LogP contribution is 2.32. The van der Waals surface area contributed by atoms with Crippen molar-refractivity contribution in [2.75, 3.05) is 14.2 Å². The summed E-state index contributed by atoms with van der Waals surface area (Å²) in [6.45, 7) is 4.19. The standard InChI is InChI=1S/C19H16Cl2N2O3S/c1-4-10-23-17-14(9-8-11(20)16(17)21)27-19(23)22-18(24)15-12(25-2)6-5-7-13(15)26-3/h4-9H,1,10H2,2-3H3. The van der Waals surface area contributed by atoms with Gasteiger partial charge in [-0.15, -0.1) is 6.58 Å². The third kappa shape index (κ3) is 3.60. The molecule has 0 bridgehead atoms. The number of rotatable bonds is 5. The fraction of sp³-hybridized carbons (Fsp3) is 0.158. The summed E-state index contributed by atoms with van der Waals surface area (Å²) >= 11 is 13.9. The normalized spacial score (nSPS) is 11.6. The second kappa shape index (κ2) is 8.17. The first-order chi connectivity index (χ1) is 13.0. The Morgan fingerprint density at radius 2 is 1.89 bits per heavy atom. The van der Waals surface area contributed by atoms with Crippen LogP contribution < -0.4 is 14.3 Å². The van der Waals surface area contributed by atoms with Crippen molar-refractivity contribution >= 4 is 50.7 Å². The summed E-state index contributed by atoms with van der Waals surface area (Å²) in [6, 6.07) is 8.68. The zero-order valence-corrected chi connectivity index (χ0v) is 17.0. The molecule has 1 heterocycles. The summed E-state index contributed by atoms with van der Waals surface area (Å²) in [5.74, 6) is 0.303. The maximum absolute atomic E-state index is 12.9. The van der Waals surface area contributed by atoms with Crippen LogP contribution in [0.4, 0.5) is 0 Å². The molecule has 1 amide bonds. The first kappa shape index (κ1) is 19.5. The van der Waals surface area contributed by atoms with Crippen LogP contribution in [-0.4, -0.2) is 24.7 Å². The highest BCUT2D eigenvalue weighted by molar-refractivity contribution is 7.16. The number of hydrogen-bond donors (Lipinski definition) is 0. The molecule has 0 fully saturated rings. The van der Waals surface area contributed by atoms with Gasteiger partial charge in [-0.1, -0.05) is 46.7 Å². The van der Waals surface area contributed by atoms with Gasteiger partial charge in [0, 0.05) is 6.54 Å². The first-order valence-corrected chi connectivity index (χ1v) is 9.47. The fourth-order valence-electron chi connectivity index (χ4n) is 2.69. The molecule has 1 aromatic heterocycles. The van der Waals surface area contributed by atoms with Crippen molar-refractivity contribution in [3.8, 4) is 11.5 Å². The largest absolute Gasteiger partial charge is 0.496 e. The molecule has 0 aliphatic rings. The molecule has 3 rings (SSSR count). The lowest BCUT2D eigenvalue weighted by molar-refractivity contribution is 0.0992. The second-order valence-electron chi connectivity index (χ2n) is 5.45. The van der Waals surface area contributed by atoms with E-state index in [4.69, 9.17) is 32.7 Å². The first-order valence-electron chi connectivity index (χ1n) is 7.90. The van der Waals surface area contributed by atoms with E-state index in [9.17, 15) is 4.79 Å². The molecular weight excluding hydrogens is 407 g/mol. The van der Waals surface area contributed by atoms with E-state index in [-0.39, 0.29) is 5.56 Å². The lowest BCUT2D eigenvalue weighted by Crippen LogP contribution is -2.17. The van der Waals surface area contributed by atoms with Crippen LogP contribution in [0.2, 0.25) is 10.0 Å². The molecule has 0 radical (unpaired) electrons. The van der Waals surface area contributed by atoms with Gasteiger partial charge in [-0.25, -0.2) is 0 Å². The molecule has 0 spiro atoms. The van der Waals surface area contributed by atoms with Gasteiger partial charge in [-0.05, 0) is 24.3 Å². The molecule has 0 aliphatic heterocycles. The van der Waals surface area contributed by atoms with Gasteiger partial charge in [0.25, 0.3) is 5.91 Å². The van der Waals surface area contributed by atoms with Crippen LogP contribution in [0.3, 0.4) is 0 Å². The van der Waals surface area contributed by atoms with Crippen molar-refractivity contribution in [3.63, 3.8) is 0 Å². The van der Waals surface area contributed by atoms with Crippen LogP contribution in [0.1, 0.15) is 10.4 Å². The maximum Gasteiger partial charge on any atom is 0.287 e. The quantitative estimate of drug-likeness (QED) is 0.546. The van der Waals surface area contributed by atoms with E-state index in [0.29, 0.717) is 38.4 Å². The van der Waals surface area contributed by atoms with Gasteiger partial charge in [0.2, 0.25) is 0 Å². The third-order valence-corrected chi connectivity index (χ3v) is 5.72. The Bertz CT molecular complexity index is 1080. The number of carbonyl (C=O) groups is 1. The van der Waals surface area contributed by atoms with E-state index in [1.165, 1.54) is 25.6 Å². The molecule has 0 N–H and O–H groups in total. The van der Waals surface area contributed by atoms with Crippen molar-refractivity contribution in [3.05, 3.63) is 63.4 Å². The number of methoxy groups -OCH3 is 2. The van der Waals surface area contributed by atoms with Crippen LogP contribution in [-0.2, 0) is 6.54 Å². The van der Waals surface area contributed by atoms with Crippen LogP contribution in [0.15, 0.2) is 48.0 Å². The summed E-state index contributed by atoms with van der Waals surface area (Å²) in [5.41, 5.74) is 0.974.